The van der Waals surface area contributed by atoms with Crippen LogP contribution >= 0.6 is 11.5 Å². The Morgan fingerprint density at radius 1 is 1.50 bits per heavy atom. The van der Waals surface area contributed by atoms with Gasteiger partial charge in [-0.15, -0.1) is 0 Å². The van der Waals surface area contributed by atoms with E-state index in [1.807, 2.05) is 0 Å². The van der Waals surface area contributed by atoms with Crippen LogP contribution in [0.2, 0.25) is 0 Å². The highest BCUT2D eigenvalue weighted by Crippen LogP contribution is 2.52. The van der Waals surface area contributed by atoms with Crippen molar-refractivity contribution < 1.29 is 8.42 Å². The smallest absolute Gasteiger partial charge is 0.182 e. The van der Waals surface area contributed by atoms with Gasteiger partial charge >= 0.3 is 0 Å². The molecule has 3 N–H and O–H groups in total. The molecular weight excluding hydrogens is 270 g/mol. The minimum atomic E-state index is -3.33. The molecule has 0 unspecified atom stereocenters. The quantitative estimate of drug-likeness (QED) is 0.865. The lowest BCUT2D eigenvalue weighted by Crippen LogP contribution is -2.21. The highest BCUT2D eigenvalue weighted by molar-refractivity contribution is 7.91. The molecule has 5 nitrogen and oxygen atoms in total. The number of hydrogen-bond acceptors (Lipinski definition) is 6. The van der Waals surface area contributed by atoms with Gasteiger partial charge in [0.1, 0.15) is 9.90 Å². The SMILES string of the molecule is CC(C)C1(CNc2snc(N)c2S(C)(=O)=O)CC1. The number of nitrogens with one attached hydrogen (secondary N) is 1. The number of aromatic nitrogens is 1. The van der Waals surface area contributed by atoms with Crippen LogP contribution in [0.3, 0.4) is 0 Å². The minimum Gasteiger partial charge on any atom is -0.382 e. The summed E-state index contributed by atoms with van der Waals surface area (Å²) in [5.74, 6) is 0.691. The Kier molecular flexibility index (Phi) is 3.31. The Morgan fingerprint density at radius 3 is 2.56 bits per heavy atom. The van der Waals surface area contributed by atoms with Crippen molar-refractivity contribution in [1.82, 2.24) is 4.37 Å². The monoisotopic (exact) mass is 289 g/mol. The fraction of sp³-hybridized carbons (Fsp3) is 0.727. The van der Waals surface area contributed by atoms with Gasteiger partial charge in [-0.3, -0.25) is 0 Å². The first kappa shape index (κ1) is 13.6. The van der Waals surface area contributed by atoms with E-state index >= 15 is 0 Å². The van der Waals surface area contributed by atoms with E-state index in [4.69, 9.17) is 5.73 Å². The molecule has 18 heavy (non-hydrogen) atoms. The third kappa shape index (κ3) is 2.47. The molecule has 2 rings (SSSR count). The maximum atomic E-state index is 11.7. The van der Waals surface area contributed by atoms with Gasteiger partial charge < -0.3 is 11.1 Å². The van der Waals surface area contributed by atoms with Crippen molar-refractivity contribution in [2.75, 3.05) is 23.9 Å². The highest BCUT2D eigenvalue weighted by atomic mass is 32.2. The van der Waals surface area contributed by atoms with E-state index in [1.54, 1.807) is 0 Å². The molecule has 0 atom stereocenters. The first-order chi connectivity index (χ1) is 8.26. The molecule has 0 saturated heterocycles. The fourth-order valence-corrected chi connectivity index (χ4v) is 4.20. The van der Waals surface area contributed by atoms with Crippen molar-refractivity contribution in [3.8, 4) is 0 Å². The van der Waals surface area contributed by atoms with Gasteiger partial charge in [0, 0.05) is 12.8 Å². The van der Waals surface area contributed by atoms with Crippen molar-refractivity contribution in [1.29, 1.82) is 0 Å². The second-order valence-corrected chi connectivity index (χ2v) is 8.09. The summed E-state index contributed by atoms with van der Waals surface area (Å²) in [5.41, 5.74) is 5.94. The van der Waals surface area contributed by atoms with E-state index < -0.39 is 9.84 Å². The maximum absolute atomic E-state index is 11.7. The molecular formula is C11H19N3O2S2. The number of nitrogens with zero attached hydrogens (tertiary/aromatic N) is 1. The van der Waals surface area contributed by atoms with E-state index in [0.29, 0.717) is 16.3 Å². The Labute approximate surface area is 112 Å². The van der Waals surface area contributed by atoms with E-state index in [9.17, 15) is 8.42 Å². The zero-order valence-electron chi connectivity index (χ0n) is 10.9. The predicted octanol–water partition coefficient (Wildman–Crippen LogP) is 1.98. The summed E-state index contributed by atoms with van der Waals surface area (Å²) in [6.45, 7) is 5.19. The topological polar surface area (TPSA) is 85.1 Å². The van der Waals surface area contributed by atoms with Crippen LogP contribution in [0.25, 0.3) is 0 Å². The Balaban J connectivity index is 2.17. The summed E-state index contributed by atoms with van der Waals surface area (Å²) in [6, 6.07) is 0. The van der Waals surface area contributed by atoms with Crippen LogP contribution in [0.15, 0.2) is 4.90 Å². The predicted molar refractivity (Wildman–Crippen MR) is 74.6 cm³/mol. The summed E-state index contributed by atoms with van der Waals surface area (Å²) in [7, 11) is -3.33. The van der Waals surface area contributed by atoms with E-state index in [-0.39, 0.29) is 10.7 Å². The number of nitrogens with two attached hydrogens (primary N) is 1. The third-order valence-electron chi connectivity index (χ3n) is 3.76. The number of hydrogen-bond donors (Lipinski definition) is 2. The molecule has 1 aromatic heterocycles. The minimum absolute atomic E-state index is 0.0967. The molecule has 0 bridgehead atoms. The van der Waals surface area contributed by atoms with E-state index in [2.05, 4.69) is 23.5 Å². The molecule has 0 spiro atoms. The van der Waals surface area contributed by atoms with E-state index in [0.717, 1.165) is 24.3 Å². The Bertz CT molecular complexity index is 545. The summed E-state index contributed by atoms with van der Waals surface area (Å²) < 4.78 is 27.2. The summed E-state index contributed by atoms with van der Waals surface area (Å²) in [5, 5.41) is 3.79. The van der Waals surface area contributed by atoms with Gasteiger partial charge in [-0.05, 0) is 35.7 Å². The Hall–Kier alpha value is -0.820. The summed E-state index contributed by atoms with van der Waals surface area (Å²) >= 11 is 1.12. The van der Waals surface area contributed by atoms with Gasteiger partial charge in [-0.2, -0.15) is 4.37 Å². The number of anilines is 2. The molecule has 102 valence electrons. The largest absolute Gasteiger partial charge is 0.382 e. The van der Waals surface area contributed by atoms with Crippen LogP contribution in [-0.2, 0) is 9.84 Å². The lowest BCUT2D eigenvalue weighted by Gasteiger charge is -2.20. The average Bonchev–Trinajstić information content (AvgIpc) is 2.93. The molecule has 0 amide bonds. The zero-order valence-corrected chi connectivity index (χ0v) is 12.5. The van der Waals surface area contributed by atoms with E-state index in [1.165, 1.54) is 12.8 Å². The van der Waals surface area contributed by atoms with Crippen molar-refractivity contribution >= 4 is 32.2 Å². The van der Waals surface area contributed by atoms with Crippen molar-refractivity contribution in [2.45, 2.75) is 31.6 Å². The standard InChI is InChI=1S/C11H19N3O2S2/c1-7(2)11(4-5-11)6-13-10-8(18(3,15)16)9(12)14-17-10/h7,13H,4-6H2,1-3H3,(H2,12,14). The second kappa shape index (κ2) is 4.38. The molecule has 1 heterocycles. The molecule has 1 fully saturated rings. The molecule has 1 aliphatic rings. The second-order valence-electron chi connectivity index (χ2n) is 5.37. The molecule has 7 heteroatoms. The maximum Gasteiger partial charge on any atom is 0.182 e. The van der Waals surface area contributed by atoms with Gasteiger partial charge in [0.05, 0.1) is 0 Å². The van der Waals surface area contributed by atoms with Crippen LogP contribution in [0.5, 0.6) is 0 Å². The number of nitrogen functional groups attached to an aromatic ring is 1. The molecule has 0 aliphatic heterocycles. The Morgan fingerprint density at radius 2 is 2.11 bits per heavy atom. The molecule has 0 radical (unpaired) electrons. The zero-order chi connectivity index (χ0) is 13.6. The van der Waals surface area contributed by atoms with Crippen LogP contribution in [-0.4, -0.2) is 25.6 Å². The van der Waals surface area contributed by atoms with Crippen LogP contribution in [0, 0.1) is 11.3 Å². The van der Waals surface area contributed by atoms with Crippen molar-refractivity contribution in [2.24, 2.45) is 11.3 Å². The van der Waals surface area contributed by atoms with Gasteiger partial charge in [0.15, 0.2) is 15.7 Å². The van der Waals surface area contributed by atoms with Gasteiger partial charge in [-0.25, -0.2) is 8.42 Å². The molecule has 0 aromatic carbocycles. The molecule has 1 saturated carbocycles. The van der Waals surface area contributed by atoms with Crippen LogP contribution in [0.1, 0.15) is 26.7 Å². The van der Waals surface area contributed by atoms with Crippen molar-refractivity contribution in [3.63, 3.8) is 0 Å². The number of rotatable bonds is 5. The van der Waals surface area contributed by atoms with Crippen molar-refractivity contribution in [3.05, 3.63) is 0 Å². The summed E-state index contributed by atoms with van der Waals surface area (Å²) in [4.78, 5) is 0.145. The first-order valence-electron chi connectivity index (χ1n) is 5.95. The normalized spacial score (nSPS) is 18.0. The third-order valence-corrected chi connectivity index (χ3v) is 5.87. The van der Waals surface area contributed by atoms with Crippen LogP contribution < -0.4 is 11.1 Å². The molecule has 1 aliphatic carbocycles. The van der Waals surface area contributed by atoms with Gasteiger partial charge in [0.25, 0.3) is 0 Å². The van der Waals surface area contributed by atoms with Gasteiger partial charge in [0.2, 0.25) is 0 Å². The van der Waals surface area contributed by atoms with Crippen LogP contribution in [0.4, 0.5) is 10.8 Å². The molecule has 1 aromatic rings. The van der Waals surface area contributed by atoms with Gasteiger partial charge in [-0.1, -0.05) is 13.8 Å². The lowest BCUT2D eigenvalue weighted by atomic mass is 9.92. The first-order valence-corrected chi connectivity index (χ1v) is 8.62. The number of sulfone groups is 1. The fourth-order valence-electron chi connectivity index (χ4n) is 2.14. The summed E-state index contributed by atoms with van der Waals surface area (Å²) in [6.07, 6.45) is 3.55. The lowest BCUT2D eigenvalue weighted by molar-refractivity contribution is 0.380. The highest BCUT2D eigenvalue weighted by Gasteiger charge is 2.45. The average molecular weight is 289 g/mol.